The number of alkyl halides is 3. The number of nitrogens with two attached hydrogens (primary N) is 4. The van der Waals surface area contributed by atoms with E-state index in [4.69, 9.17) is 39.8 Å². The maximum Gasteiger partial charge on any atom is 0.418 e. The molecule has 4 aliphatic heterocycles. The highest BCUT2D eigenvalue weighted by molar-refractivity contribution is 6.34. The molecule has 27 heteroatoms. The van der Waals surface area contributed by atoms with Crippen molar-refractivity contribution in [3.8, 4) is 6.07 Å². The van der Waals surface area contributed by atoms with E-state index in [2.05, 4.69) is 65.2 Å². The molecule has 0 atom stereocenters. The SMILES string of the molecule is CC(C)=Cc1cnc(N)c(C(=O)c2cccc(N3CCCCCC3)n2)c1.N#Cc1cnc(N)c(C(=O)c2cccc(N3CCCNCC3)n2)c1.Nc1ncccc1C(=O)c1nc(N2CCCCCC2)ccc1Cl.Nc1ncccc1C(=O)c1nc(N2CCCNCC2)ccc1C(F)(F)F. The number of nitrogens with one attached hydrogen (secondary N) is 2. The van der Waals surface area contributed by atoms with E-state index in [9.17, 15) is 32.3 Å². The van der Waals surface area contributed by atoms with Crippen molar-refractivity contribution >= 4 is 87.4 Å². The zero-order valence-electron chi connectivity index (χ0n) is 55.4. The molecule has 0 unspecified atom stereocenters. The monoisotopic (exact) mass is 1370 g/mol. The van der Waals surface area contributed by atoms with Crippen LogP contribution in [0.25, 0.3) is 6.08 Å². The molecule has 0 aromatic carbocycles. The molecule has 4 aliphatic rings. The molecule has 10 N–H and O–H groups in total. The Kier molecular flexibility index (Phi) is 25.8. The van der Waals surface area contributed by atoms with Gasteiger partial charge in [-0.05, 0) is 156 Å². The molecule has 0 spiro atoms. The Morgan fingerprint density at radius 3 is 1.40 bits per heavy atom. The summed E-state index contributed by atoms with van der Waals surface area (Å²) >= 11 is 6.20. The second-order valence-electron chi connectivity index (χ2n) is 24.2. The lowest BCUT2D eigenvalue weighted by Gasteiger charge is -2.22. The maximum absolute atomic E-state index is 13.4. The molecule has 12 rings (SSSR count). The Balaban J connectivity index is 0.000000154. The van der Waals surface area contributed by atoms with Crippen molar-refractivity contribution in [2.45, 2.75) is 84.2 Å². The van der Waals surface area contributed by atoms with Crippen molar-refractivity contribution in [1.82, 2.24) is 50.5 Å². The predicted molar refractivity (Wildman–Crippen MR) is 380 cm³/mol. The van der Waals surface area contributed by atoms with E-state index in [0.717, 1.165) is 119 Å². The number of allylic oxidation sites excluding steroid dienone is 1. The van der Waals surface area contributed by atoms with Crippen LogP contribution in [0, 0.1) is 11.3 Å². The zero-order chi connectivity index (χ0) is 70.4. The number of nitriles is 1. The summed E-state index contributed by atoms with van der Waals surface area (Å²) in [5, 5.41) is 15.9. The second kappa shape index (κ2) is 35.1. The van der Waals surface area contributed by atoms with Gasteiger partial charge in [-0.3, -0.25) is 19.2 Å². The summed E-state index contributed by atoms with van der Waals surface area (Å²) in [4.78, 5) is 93.2. The first-order valence-corrected chi connectivity index (χ1v) is 33.4. The number of carbonyl (C=O) groups is 4. The highest BCUT2D eigenvalue weighted by Crippen LogP contribution is 2.35. The lowest BCUT2D eigenvalue weighted by atomic mass is 10.0. The van der Waals surface area contributed by atoms with Gasteiger partial charge in [0.15, 0.2) is 0 Å². The normalized spacial score (nSPS) is 15.0. The van der Waals surface area contributed by atoms with Crippen LogP contribution in [0.3, 0.4) is 0 Å². The summed E-state index contributed by atoms with van der Waals surface area (Å²) in [6.07, 6.45) is 14.7. The number of anilines is 8. The number of nitrogen functional groups attached to an aromatic ring is 4. The van der Waals surface area contributed by atoms with Crippen molar-refractivity contribution in [3.05, 3.63) is 194 Å². The van der Waals surface area contributed by atoms with Crippen LogP contribution >= 0.6 is 11.6 Å². The molecule has 4 saturated heterocycles. The van der Waals surface area contributed by atoms with E-state index < -0.39 is 23.2 Å². The number of rotatable bonds is 13. The topological polar surface area (TPSA) is 336 Å². The molecule has 8 aromatic heterocycles. The third kappa shape index (κ3) is 19.9. The fourth-order valence-electron chi connectivity index (χ4n) is 11.5. The first-order chi connectivity index (χ1) is 47.8. The van der Waals surface area contributed by atoms with Gasteiger partial charge in [0.05, 0.1) is 38.4 Å². The highest BCUT2D eigenvalue weighted by Gasteiger charge is 2.38. The summed E-state index contributed by atoms with van der Waals surface area (Å²) in [6.45, 7) is 14.3. The van der Waals surface area contributed by atoms with Crippen molar-refractivity contribution in [2.75, 3.05) is 121 Å². The number of hydrogen-bond donors (Lipinski definition) is 6. The molecule has 0 bridgehead atoms. The molecular weight excluding hydrogens is 1290 g/mol. The predicted octanol–water partition coefficient (Wildman–Crippen LogP) is 10.5. The number of halogens is 4. The van der Waals surface area contributed by atoms with E-state index in [1.807, 2.05) is 61.2 Å². The molecule has 0 radical (unpaired) electrons. The van der Waals surface area contributed by atoms with Gasteiger partial charge < -0.3 is 53.2 Å². The standard InChI is InChI=1S/C21H26N4O.C17H19ClN4O.C17H18F3N5O.C17H18N6O/c1-15(2)12-16-13-17(21(22)23-14-16)20(26)18-8-7-9-19(24-18)25-10-5-3-4-6-11-25;18-13-7-8-14(22-10-3-1-2-4-11-22)21-15(13)16(23)12-6-5-9-20-17(12)19;18-17(19,20)12-4-5-13(25-9-2-6-22-8-10-25)24-14(12)15(26)11-3-1-7-23-16(11)21;18-10-12-9-13(17(19)21-11-12)16(24)14-3-1-4-15(22-14)23-7-2-5-20-6-8-23/h7-9,12-14H,3-6,10-11H2,1-2H3,(H2,22,23);5-9H,1-4,10-11H2,(H2,19,20);1,3-5,7,22H,2,6,8-10H2,(H2,21,23);1,3-4,9,11,20H,2,5-8H2,(H2,19,21). The lowest BCUT2D eigenvalue weighted by molar-refractivity contribution is -0.138. The first-order valence-electron chi connectivity index (χ1n) is 33.0. The zero-order valence-corrected chi connectivity index (χ0v) is 56.2. The van der Waals surface area contributed by atoms with Crippen LogP contribution in [0.4, 0.5) is 59.7 Å². The molecule has 23 nitrogen and oxygen atoms in total. The molecule has 8 aromatic rings. The van der Waals surface area contributed by atoms with Crippen LogP contribution in [-0.4, -0.2) is 142 Å². The van der Waals surface area contributed by atoms with Gasteiger partial charge in [-0.2, -0.15) is 18.4 Å². The van der Waals surface area contributed by atoms with Gasteiger partial charge in [-0.25, -0.2) is 39.9 Å². The Labute approximate surface area is 578 Å². The minimum absolute atomic E-state index is 0.0971. The van der Waals surface area contributed by atoms with Crippen molar-refractivity contribution < 1.29 is 32.3 Å². The fourth-order valence-corrected chi connectivity index (χ4v) is 11.7. The molecule has 0 amide bonds. The molecular formula is C72H81ClF3N19O4. The Morgan fingerprint density at radius 1 is 0.485 bits per heavy atom. The summed E-state index contributed by atoms with van der Waals surface area (Å²) < 4.78 is 40.2. The van der Waals surface area contributed by atoms with E-state index in [0.29, 0.717) is 58.6 Å². The smallest absolute Gasteiger partial charge is 0.383 e. The minimum atomic E-state index is -4.70. The van der Waals surface area contributed by atoms with Crippen LogP contribution < -0.4 is 53.2 Å². The Hall–Kier alpha value is -10.5. The summed E-state index contributed by atoms with van der Waals surface area (Å²) in [5.74, 6) is 1.48. The highest BCUT2D eigenvalue weighted by atomic mass is 35.5. The number of hydrogen-bond acceptors (Lipinski definition) is 23. The average Bonchev–Trinajstić information content (AvgIpc) is 1.09. The van der Waals surface area contributed by atoms with Crippen molar-refractivity contribution in [3.63, 3.8) is 0 Å². The number of nitrogens with zero attached hydrogens (tertiary/aromatic N) is 13. The van der Waals surface area contributed by atoms with Crippen LogP contribution in [0.15, 0.2) is 127 Å². The van der Waals surface area contributed by atoms with Gasteiger partial charge >= 0.3 is 6.18 Å². The molecule has 0 aliphatic carbocycles. The minimum Gasteiger partial charge on any atom is -0.383 e. The van der Waals surface area contributed by atoms with Crippen LogP contribution in [0.5, 0.6) is 0 Å². The largest absolute Gasteiger partial charge is 0.418 e. The van der Waals surface area contributed by atoms with E-state index in [1.165, 1.54) is 75.2 Å². The molecule has 99 heavy (non-hydrogen) atoms. The van der Waals surface area contributed by atoms with Crippen molar-refractivity contribution in [1.29, 1.82) is 5.26 Å². The second-order valence-corrected chi connectivity index (χ2v) is 24.6. The summed E-state index contributed by atoms with van der Waals surface area (Å²) in [6, 6.07) is 28.1. The summed E-state index contributed by atoms with van der Waals surface area (Å²) in [7, 11) is 0. The van der Waals surface area contributed by atoms with Gasteiger partial charge in [-0.15, -0.1) is 0 Å². The molecule has 12 heterocycles. The Morgan fingerprint density at radius 2 is 0.919 bits per heavy atom. The first kappa shape index (κ1) is 72.8. The van der Waals surface area contributed by atoms with Crippen LogP contribution in [0.1, 0.15) is 159 Å². The lowest BCUT2D eigenvalue weighted by Crippen LogP contribution is -2.29. The van der Waals surface area contributed by atoms with E-state index in [-0.39, 0.29) is 57.4 Å². The van der Waals surface area contributed by atoms with E-state index in [1.54, 1.807) is 48.8 Å². The Bertz CT molecular complexity index is 4190. The third-order valence-electron chi connectivity index (χ3n) is 16.7. The number of ketones is 4. The molecule has 0 saturated carbocycles. The number of aromatic nitrogens is 8. The third-order valence-corrected chi connectivity index (χ3v) is 17.0. The van der Waals surface area contributed by atoms with Crippen LogP contribution in [-0.2, 0) is 6.18 Å². The average molecular weight is 1370 g/mol. The molecule has 516 valence electrons. The summed E-state index contributed by atoms with van der Waals surface area (Å²) in [5.41, 5.74) is 25.6. The molecule has 4 fully saturated rings. The van der Waals surface area contributed by atoms with Gasteiger partial charge in [0, 0.05) is 90.2 Å². The number of pyridine rings is 8. The van der Waals surface area contributed by atoms with Crippen molar-refractivity contribution in [2.24, 2.45) is 0 Å². The maximum atomic E-state index is 13.4. The van der Waals surface area contributed by atoms with Gasteiger partial charge in [0.1, 0.15) is 75.4 Å². The fraction of sp³-hybridized carbons (Fsp3) is 0.347. The van der Waals surface area contributed by atoms with Crippen LogP contribution in [0.2, 0.25) is 5.02 Å². The van der Waals surface area contributed by atoms with Gasteiger partial charge in [-0.1, -0.05) is 61.1 Å². The quantitative estimate of drug-likeness (QED) is 0.0584. The van der Waals surface area contributed by atoms with E-state index >= 15 is 0 Å². The van der Waals surface area contributed by atoms with Gasteiger partial charge in [0.25, 0.3) is 0 Å². The van der Waals surface area contributed by atoms with Gasteiger partial charge in [0.2, 0.25) is 23.1 Å². The number of carbonyl (C=O) groups excluding carboxylic acids is 4.